The predicted molar refractivity (Wildman–Crippen MR) is 117 cm³/mol. The Kier molecular flexibility index (Phi) is 6.24. The van der Waals surface area contributed by atoms with Crippen LogP contribution in [0.3, 0.4) is 0 Å². The van der Waals surface area contributed by atoms with E-state index in [0.29, 0.717) is 28.8 Å². The largest absolute Gasteiger partial charge is 0.469 e. The molecule has 4 rings (SSSR count). The summed E-state index contributed by atoms with van der Waals surface area (Å²) >= 11 is 12.5. The number of carbonyl (C=O) groups excluding carboxylic acids is 2. The van der Waals surface area contributed by atoms with Gasteiger partial charge in [-0.05, 0) is 61.9 Å². The zero-order valence-electron chi connectivity index (χ0n) is 16.9. The first-order chi connectivity index (χ1) is 14.4. The van der Waals surface area contributed by atoms with Crippen LogP contribution < -0.4 is 10.6 Å². The Labute approximate surface area is 186 Å². The van der Waals surface area contributed by atoms with Gasteiger partial charge in [0, 0.05) is 34.0 Å². The Balaban J connectivity index is 1.77. The molecule has 160 valence electrons. The molecule has 5 nitrogen and oxygen atoms in total. The minimum Gasteiger partial charge on any atom is -0.469 e. The summed E-state index contributed by atoms with van der Waals surface area (Å²) in [6.45, 7) is 0.768. The van der Waals surface area contributed by atoms with E-state index < -0.39 is 5.54 Å². The standard InChI is InChI=1S/C23H26Cl2N2O3/c1-30-21(28)10-9-18(15-3-2-4-16(24)11-15)23(26-13-14-5-6-14)19-8-7-17(25)12-20(19)27-22(23)29/h2-4,7,11-12,14,18-19,26H,5-6,8-10,13H2,1H3,(H,27,29)/t18-,19?,23-/m0/s1. The second-order valence-electron chi connectivity index (χ2n) is 8.35. The third-order valence-corrected chi connectivity index (χ3v) is 6.94. The van der Waals surface area contributed by atoms with Gasteiger partial charge in [-0.25, -0.2) is 0 Å². The molecule has 1 aromatic carbocycles. The van der Waals surface area contributed by atoms with Crippen LogP contribution in [0, 0.1) is 11.8 Å². The van der Waals surface area contributed by atoms with Gasteiger partial charge in [0.2, 0.25) is 5.91 Å². The van der Waals surface area contributed by atoms with Gasteiger partial charge in [0.25, 0.3) is 0 Å². The number of amides is 1. The highest BCUT2D eigenvalue weighted by Crippen LogP contribution is 2.48. The number of hydrogen-bond donors (Lipinski definition) is 2. The quantitative estimate of drug-likeness (QED) is 0.582. The van der Waals surface area contributed by atoms with Gasteiger partial charge in [-0.2, -0.15) is 0 Å². The molecule has 7 heteroatoms. The van der Waals surface area contributed by atoms with E-state index in [-0.39, 0.29) is 30.1 Å². The average Bonchev–Trinajstić information content (AvgIpc) is 3.51. The lowest BCUT2D eigenvalue weighted by atomic mass is 9.68. The number of esters is 1. The number of allylic oxidation sites excluding steroid dienone is 3. The van der Waals surface area contributed by atoms with Crippen molar-refractivity contribution >= 4 is 35.1 Å². The fraction of sp³-hybridized carbons (Fsp3) is 0.478. The molecule has 1 unspecified atom stereocenters. The number of halogens is 2. The summed E-state index contributed by atoms with van der Waals surface area (Å²) < 4.78 is 4.89. The van der Waals surface area contributed by atoms with Crippen LogP contribution in [-0.4, -0.2) is 31.1 Å². The highest BCUT2D eigenvalue weighted by atomic mass is 35.5. The molecule has 1 saturated heterocycles. The molecule has 1 amide bonds. The Morgan fingerprint density at radius 3 is 2.87 bits per heavy atom. The molecule has 3 aliphatic rings. The van der Waals surface area contributed by atoms with Gasteiger partial charge < -0.3 is 15.4 Å². The maximum Gasteiger partial charge on any atom is 0.305 e. The maximum absolute atomic E-state index is 13.6. The third-order valence-electron chi connectivity index (χ3n) is 6.45. The molecular formula is C23H26Cl2N2O3. The second kappa shape index (κ2) is 8.74. The van der Waals surface area contributed by atoms with Crippen molar-refractivity contribution in [2.45, 2.75) is 43.6 Å². The summed E-state index contributed by atoms with van der Waals surface area (Å²) in [5, 5.41) is 7.97. The van der Waals surface area contributed by atoms with Crippen LogP contribution in [0.5, 0.6) is 0 Å². The van der Waals surface area contributed by atoms with E-state index in [1.807, 2.05) is 36.4 Å². The van der Waals surface area contributed by atoms with Crippen molar-refractivity contribution in [2.75, 3.05) is 13.7 Å². The molecule has 2 aliphatic carbocycles. The monoisotopic (exact) mass is 448 g/mol. The Bertz CT molecular complexity index is 909. The van der Waals surface area contributed by atoms with Gasteiger partial charge in [0.15, 0.2) is 0 Å². The second-order valence-corrected chi connectivity index (χ2v) is 9.22. The minimum atomic E-state index is -0.888. The van der Waals surface area contributed by atoms with Gasteiger partial charge >= 0.3 is 5.97 Å². The molecule has 2 N–H and O–H groups in total. The third kappa shape index (κ3) is 4.16. The highest BCUT2D eigenvalue weighted by molar-refractivity contribution is 6.31. The van der Waals surface area contributed by atoms with Crippen molar-refractivity contribution in [1.82, 2.24) is 10.6 Å². The predicted octanol–water partition coefficient (Wildman–Crippen LogP) is 4.27. The van der Waals surface area contributed by atoms with Crippen LogP contribution in [0.15, 0.2) is 47.1 Å². The molecule has 0 bridgehead atoms. The summed E-state index contributed by atoms with van der Waals surface area (Å²) in [6.07, 6.45) is 7.48. The number of benzene rings is 1. The molecule has 3 atom stereocenters. The molecule has 1 heterocycles. The SMILES string of the molecule is COC(=O)CC[C@@H](c1cccc(Cl)c1)[C@@]1(NCC2CC2)C(=O)NC2=CC(Cl)=CCC21. The number of fused-ring (bicyclic) bond motifs is 1. The van der Waals surface area contributed by atoms with E-state index in [0.717, 1.165) is 17.8 Å². The van der Waals surface area contributed by atoms with Gasteiger partial charge in [0.05, 0.1) is 7.11 Å². The summed E-state index contributed by atoms with van der Waals surface area (Å²) in [6, 6.07) is 7.58. The molecule has 0 radical (unpaired) electrons. The first-order valence-electron chi connectivity index (χ1n) is 10.4. The van der Waals surface area contributed by atoms with Crippen LogP contribution in [0.4, 0.5) is 0 Å². The van der Waals surface area contributed by atoms with E-state index in [9.17, 15) is 9.59 Å². The van der Waals surface area contributed by atoms with Gasteiger partial charge in [-0.3, -0.25) is 9.59 Å². The Hall–Kier alpha value is -1.82. The summed E-state index contributed by atoms with van der Waals surface area (Å²) in [5.41, 5.74) is 0.883. The number of nitrogens with one attached hydrogen (secondary N) is 2. The van der Waals surface area contributed by atoms with E-state index >= 15 is 0 Å². The number of methoxy groups -OCH3 is 1. The zero-order valence-corrected chi connectivity index (χ0v) is 18.4. The molecule has 1 aliphatic heterocycles. The molecular weight excluding hydrogens is 423 g/mol. The summed E-state index contributed by atoms with van der Waals surface area (Å²) in [5.74, 6) is -0.122. The van der Waals surface area contributed by atoms with Crippen LogP contribution in [-0.2, 0) is 14.3 Å². The average molecular weight is 449 g/mol. The molecule has 1 saturated carbocycles. The lowest BCUT2D eigenvalue weighted by Gasteiger charge is -2.41. The Morgan fingerprint density at radius 2 is 2.17 bits per heavy atom. The smallest absolute Gasteiger partial charge is 0.305 e. The van der Waals surface area contributed by atoms with Gasteiger partial charge in [-0.15, -0.1) is 0 Å². The van der Waals surface area contributed by atoms with Crippen LogP contribution in [0.2, 0.25) is 5.02 Å². The topological polar surface area (TPSA) is 67.4 Å². The molecule has 30 heavy (non-hydrogen) atoms. The lowest BCUT2D eigenvalue weighted by molar-refractivity contribution is -0.141. The number of ether oxygens (including phenoxy) is 1. The first-order valence-corrected chi connectivity index (χ1v) is 11.2. The van der Waals surface area contributed by atoms with Crippen molar-refractivity contribution in [2.24, 2.45) is 11.8 Å². The van der Waals surface area contributed by atoms with E-state index in [2.05, 4.69) is 10.6 Å². The number of rotatable bonds is 8. The maximum atomic E-state index is 13.6. The lowest BCUT2D eigenvalue weighted by Crippen LogP contribution is -2.59. The van der Waals surface area contributed by atoms with Crippen molar-refractivity contribution in [3.8, 4) is 0 Å². The van der Waals surface area contributed by atoms with E-state index in [1.54, 1.807) is 0 Å². The van der Waals surface area contributed by atoms with Crippen LogP contribution in [0.1, 0.15) is 43.6 Å². The van der Waals surface area contributed by atoms with Crippen molar-refractivity contribution in [3.05, 3.63) is 57.7 Å². The normalized spacial score (nSPS) is 26.4. The van der Waals surface area contributed by atoms with Gasteiger partial charge in [0.1, 0.15) is 5.54 Å². The fourth-order valence-corrected chi connectivity index (χ4v) is 5.13. The van der Waals surface area contributed by atoms with Crippen LogP contribution >= 0.6 is 23.2 Å². The minimum absolute atomic E-state index is 0.0750. The number of hydrogen-bond acceptors (Lipinski definition) is 4. The van der Waals surface area contributed by atoms with Crippen molar-refractivity contribution < 1.29 is 14.3 Å². The fourth-order valence-electron chi connectivity index (χ4n) is 4.72. The van der Waals surface area contributed by atoms with Crippen molar-refractivity contribution in [3.63, 3.8) is 0 Å². The van der Waals surface area contributed by atoms with Crippen LogP contribution in [0.25, 0.3) is 0 Å². The van der Waals surface area contributed by atoms with E-state index in [4.69, 9.17) is 27.9 Å². The van der Waals surface area contributed by atoms with E-state index in [1.165, 1.54) is 20.0 Å². The molecule has 2 fully saturated rings. The highest BCUT2D eigenvalue weighted by Gasteiger charge is 2.58. The first kappa shape index (κ1) is 21.4. The number of carbonyl (C=O) groups is 2. The molecule has 0 spiro atoms. The van der Waals surface area contributed by atoms with Gasteiger partial charge in [-0.1, -0.05) is 41.4 Å². The Morgan fingerprint density at radius 1 is 1.37 bits per heavy atom. The van der Waals surface area contributed by atoms with Crippen molar-refractivity contribution in [1.29, 1.82) is 0 Å². The summed E-state index contributed by atoms with van der Waals surface area (Å²) in [4.78, 5) is 25.6. The molecule has 0 aromatic heterocycles. The zero-order chi connectivity index (χ0) is 21.3. The molecule has 1 aromatic rings. The summed E-state index contributed by atoms with van der Waals surface area (Å²) in [7, 11) is 1.38.